The molecule has 7 nitrogen and oxygen atoms in total. The third kappa shape index (κ3) is 5.78. The van der Waals surface area contributed by atoms with Gasteiger partial charge in [-0.3, -0.25) is 9.59 Å². The average Bonchev–Trinajstić information content (AvgIpc) is 2.79. The van der Waals surface area contributed by atoms with Gasteiger partial charge in [0, 0.05) is 29.1 Å². The first-order valence-corrected chi connectivity index (χ1v) is 10.3. The molecular weight excluding hydrogens is 408 g/mol. The van der Waals surface area contributed by atoms with E-state index in [-0.39, 0.29) is 11.5 Å². The standard InChI is InChI=1S/C25H26N2O5/c1-4-31-20-10-6-8-18(15-20)26-24(28)17-12-13-23(30-3)22(14-17)25(29)27-19-9-7-11-21(16-19)32-5-2/h6-16H,4-5H2,1-3H3,(H,26,28)(H,27,29). The highest BCUT2D eigenvalue weighted by atomic mass is 16.5. The minimum atomic E-state index is -0.400. The number of carbonyl (C=O) groups is 2. The molecule has 0 aromatic heterocycles. The first-order valence-electron chi connectivity index (χ1n) is 10.3. The summed E-state index contributed by atoms with van der Waals surface area (Å²) in [5.74, 6) is 0.921. The van der Waals surface area contributed by atoms with Gasteiger partial charge in [-0.2, -0.15) is 0 Å². The van der Waals surface area contributed by atoms with Crippen LogP contribution in [0.4, 0.5) is 11.4 Å². The third-order valence-corrected chi connectivity index (χ3v) is 4.51. The zero-order valence-electron chi connectivity index (χ0n) is 18.3. The van der Waals surface area contributed by atoms with Gasteiger partial charge in [0.15, 0.2) is 0 Å². The van der Waals surface area contributed by atoms with Crippen molar-refractivity contribution in [3.8, 4) is 17.2 Å². The zero-order valence-corrected chi connectivity index (χ0v) is 18.3. The van der Waals surface area contributed by atoms with Crippen LogP contribution in [0.5, 0.6) is 17.2 Å². The molecule has 0 atom stereocenters. The van der Waals surface area contributed by atoms with Gasteiger partial charge >= 0.3 is 0 Å². The molecule has 0 aliphatic carbocycles. The van der Waals surface area contributed by atoms with E-state index >= 15 is 0 Å². The number of anilines is 2. The Morgan fingerprint density at radius 3 is 1.84 bits per heavy atom. The monoisotopic (exact) mass is 434 g/mol. The fourth-order valence-electron chi connectivity index (χ4n) is 3.09. The topological polar surface area (TPSA) is 85.9 Å². The third-order valence-electron chi connectivity index (χ3n) is 4.51. The lowest BCUT2D eigenvalue weighted by Gasteiger charge is -2.13. The van der Waals surface area contributed by atoms with E-state index in [1.54, 1.807) is 48.5 Å². The number of nitrogens with one attached hydrogen (secondary N) is 2. The Morgan fingerprint density at radius 1 is 0.750 bits per heavy atom. The van der Waals surface area contributed by atoms with Crippen molar-refractivity contribution < 1.29 is 23.8 Å². The normalized spacial score (nSPS) is 10.2. The van der Waals surface area contributed by atoms with Crippen molar-refractivity contribution >= 4 is 23.2 Å². The van der Waals surface area contributed by atoms with Crippen molar-refractivity contribution in [1.29, 1.82) is 0 Å². The highest BCUT2D eigenvalue weighted by Crippen LogP contribution is 2.24. The Balaban J connectivity index is 1.80. The maximum absolute atomic E-state index is 12.9. The predicted molar refractivity (Wildman–Crippen MR) is 124 cm³/mol. The van der Waals surface area contributed by atoms with Crippen LogP contribution in [0.25, 0.3) is 0 Å². The largest absolute Gasteiger partial charge is 0.496 e. The summed E-state index contributed by atoms with van der Waals surface area (Å²) in [6.07, 6.45) is 0. The summed E-state index contributed by atoms with van der Waals surface area (Å²) in [6.45, 7) is 4.83. The molecule has 0 saturated heterocycles. The van der Waals surface area contributed by atoms with Gasteiger partial charge in [0.1, 0.15) is 17.2 Å². The lowest BCUT2D eigenvalue weighted by Crippen LogP contribution is -2.16. The van der Waals surface area contributed by atoms with Crippen molar-refractivity contribution in [2.24, 2.45) is 0 Å². The number of amides is 2. The highest BCUT2D eigenvalue weighted by molar-refractivity contribution is 6.10. The minimum absolute atomic E-state index is 0.241. The number of rotatable bonds is 9. The molecule has 0 heterocycles. The van der Waals surface area contributed by atoms with E-state index in [0.717, 1.165) is 0 Å². The summed E-state index contributed by atoms with van der Waals surface area (Å²) < 4.78 is 16.3. The molecule has 7 heteroatoms. The van der Waals surface area contributed by atoms with Crippen molar-refractivity contribution in [1.82, 2.24) is 0 Å². The molecule has 3 aromatic carbocycles. The maximum atomic E-state index is 12.9. The van der Waals surface area contributed by atoms with Gasteiger partial charge in [0.05, 0.1) is 25.9 Å². The van der Waals surface area contributed by atoms with Gasteiger partial charge < -0.3 is 24.8 Å². The molecule has 0 aliphatic rings. The second-order valence-corrected chi connectivity index (χ2v) is 6.74. The number of benzene rings is 3. The molecule has 0 saturated carbocycles. The molecule has 2 amide bonds. The van der Waals surface area contributed by atoms with E-state index in [2.05, 4.69) is 10.6 Å². The van der Waals surface area contributed by atoms with Crippen LogP contribution in [0.1, 0.15) is 34.6 Å². The van der Waals surface area contributed by atoms with Gasteiger partial charge in [-0.25, -0.2) is 0 Å². The Bertz CT molecular complexity index is 1100. The first kappa shape index (κ1) is 22.7. The van der Waals surface area contributed by atoms with Crippen molar-refractivity contribution in [3.63, 3.8) is 0 Å². The highest BCUT2D eigenvalue weighted by Gasteiger charge is 2.17. The van der Waals surface area contributed by atoms with E-state index in [0.29, 0.717) is 47.4 Å². The number of hydrogen-bond acceptors (Lipinski definition) is 5. The van der Waals surface area contributed by atoms with E-state index in [1.165, 1.54) is 13.2 Å². The fourth-order valence-corrected chi connectivity index (χ4v) is 3.09. The van der Waals surface area contributed by atoms with Crippen LogP contribution in [0.15, 0.2) is 66.7 Å². The molecule has 3 rings (SSSR count). The van der Waals surface area contributed by atoms with E-state index in [9.17, 15) is 9.59 Å². The van der Waals surface area contributed by atoms with Gasteiger partial charge in [0.25, 0.3) is 11.8 Å². The Kier molecular flexibility index (Phi) is 7.70. The number of carbonyl (C=O) groups excluding carboxylic acids is 2. The molecule has 2 N–H and O–H groups in total. The van der Waals surface area contributed by atoms with Crippen LogP contribution in [0, 0.1) is 0 Å². The van der Waals surface area contributed by atoms with Crippen LogP contribution < -0.4 is 24.8 Å². The summed E-state index contributed by atoms with van der Waals surface area (Å²) in [5.41, 5.74) is 1.73. The van der Waals surface area contributed by atoms with E-state index < -0.39 is 5.91 Å². The second-order valence-electron chi connectivity index (χ2n) is 6.74. The van der Waals surface area contributed by atoms with Gasteiger partial charge in [0.2, 0.25) is 0 Å². The second kappa shape index (κ2) is 10.9. The summed E-state index contributed by atoms with van der Waals surface area (Å²) in [6, 6.07) is 18.9. The zero-order chi connectivity index (χ0) is 22.9. The van der Waals surface area contributed by atoms with Crippen LogP contribution in [0.2, 0.25) is 0 Å². The fraction of sp³-hybridized carbons (Fsp3) is 0.200. The van der Waals surface area contributed by atoms with E-state index in [1.807, 2.05) is 26.0 Å². The molecule has 3 aromatic rings. The molecule has 0 fully saturated rings. The molecule has 0 unspecified atom stereocenters. The smallest absolute Gasteiger partial charge is 0.259 e. The Labute approximate surface area is 187 Å². The quantitative estimate of drug-likeness (QED) is 0.495. The summed E-state index contributed by atoms with van der Waals surface area (Å²) in [5, 5.41) is 5.65. The van der Waals surface area contributed by atoms with Crippen molar-refractivity contribution in [2.75, 3.05) is 31.0 Å². The number of methoxy groups -OCH3 is 1. The Hall–Kier alpha value is -4.00. The molecule has 0 radical (unpaired) electrons. The van der Waals surface area contributed by atoms with Crippen LogP contribution in [0.3, 0.4) is 0 Å². The lowest BCUT2D eigenvalue weighted by atomic mass is 10.1. The van der Waals surface area contributed by atoms with Crippen LogP contribution >= 0.6 is 0 Å². The average molecular weight is 434 g/mol. The molecular formula is C25H26N2O5. The van der Waals surface area contributed by atoms with Crippen LogP contribution in [-0.4, -0.2) is 32.1 Å². The molecule has 0 spiro atoms. The molecule has 166 valence electrons. The predicted octanol–water partition coefficient (Wildman–Crippen LogP) is 5.00. The summed E-state index contributed by atoms with van der Waals surface area (Å²) >= 11 is 0. The summed E-state index contributed by atoms with van der Waals surface area (Å²) in [4.78, 5) is 25.7. The minimum Gasteiger partial charge on any atom is -0.496 e. The molecule has 32 heavy (non-hydrogen) atoms. The lowest BCUT2D eigenvalue weighted by molar-refractivity contribution is 0.102. The van der Waals surface area contributed by atoms with Crippen molar-refractivity contribution in [3.05, 3.63) is 77.9 Å². The van der Waals surface area contributed by atoms with Gasteiger partial charge in [-0.05, 0) is 56.3 Å². The maximum Gasteiger partial charge on any atom is 0.259 e. The number of ether oxygens (including phenoxy) is 3. The number of hydrogen-bond donors (Lipinski definition) is 2. The van der Waals surface area contributed by atoms with Crippen LogP contribution in [-0.2, 0) is 0 Å². The molecule has 0 aliphatic heterocycles. The SMILES string of the molecule is CCOc1cccc(NC(=O)c2ccc(OC)c(C(=O)Nc3cccc(OCC)c3)c2)c1. The van der Waals surface area contributed by atoms with Gasteiger partial charge in [-0.1, -0.05) is 12.1 Å². The molecule has 0 bridgehead atoms. The first-order chi connectivity index (χ1) is 15.5. The Morgan fingerprint density at radius 2 is 1.31 bits per heavy atom. The van der Waals surface area contributed by atoms with Gasteiger partial charge in [-0.15, -0.1) is 0 Å². The van der Waals surface area contributed by atoms with Crippen molar-refractivity contribution in [2.45, 2.75) is 13.8 Å². The summed E-state index contributed by atoms with van der Waals surface area (Å²) in [7, 11) is 1.47. The van der Waals surface area contributed by atoms with E-state index in [4.69, 9.17) is 14.2 Å².